The summed E-state index contributed by atoms with van der Waals surface area (Å²) in [5.41, 5.74) is 0. The Labute approximate surface area is 114 Å². The molecule has 0 radical (unpaired) electrons. The largest absolute Gasteiger partial charge is 0.362 e. The molecule has 0 aromatic carbocycles. The van der Waals surface area contributed by atoms with E-state index in [1.165, 1.54) is 0 Å². The molecule has 2 rings (SSSR count). The van der Waals surface area contributed by atoms with Crippen LogP contribution in [0, 0.1) is 0 Å². The van der Waals surface area contributed by atoms with Gasteiger partial charge in [0.2, 0.25) is 5.28 Å². The van der Waals surface area contributed by atoms with Gasteiger partial charge in [0.25, 0.3) is 0 Å². The molecular weight excluding hydrogens is 335 g/mol. The minimum atomic E-state index is 0.0688. The van der Waals surface area contributed by atoms with Gasteiger partial charge < -0.3 is 5.32 Å². The van der Waals surface area contributed by atoms with Crippen LogP contribution in [0.1, 0.15) is 4.88 Å². The van der Waals surface area contributed by atoms with E-state index in [9.17, 15) is 0 Å². The molecule has 0 saturated heterocycles. The van der Waals surface area contributed by atoms with Gasteiger partial charge in [-0.25, -0.2) is 0 Å². The van der Waals surface area contributed by atoms with Crippen molar-refractivity contribution in [3.8, 4) is 0 Å². The molecule has 0 atom stereocenters. The molecule has 0 fully saturated rings. The molecule has 2 aromatic heterocycles. The average molecular weight is 340 g/mol. The molecule has 0 aliphatic carbocycles. The van der Waals surface area contributed by atoms with Crippen molar-refractivity contribution in [3.05, 3.63) is 31.2 Å². The van der Waals surface area contributed by atoms with Gasteiger partial charge in [-0.1, -0.05) is 11.6 Å². The zero-order valence-electron chi connectivity index (χ0n) is 7.75. The Morgan fingerprint density at radius 1 is 1.31 bits per heavy atom. The number of hydrogen-bond donors (Lipinski definition) is 1. The van der Waals surface area contributed by atoms with Crippen molar-refractivity contribution in [1.82, 2.24) is 15.2 Å². The average Bonchev–Trinajstić information content (AvgIpc) is 2.66. The first-order valence-electron chi connectivity index (χ1n) is 4.19. The van der Waals surface area contributed by atoms with Crippen LogP contribution in [-0.4, -0.2) is 15.2 Å². The van der Waals surface area contributed by atoms with Crippen LogP contribution in [0.25, 0.3) is 0 Å². The van der Waals surface area contributed by atoms with E-state index in [-0.39, 0.29) is 10.4 Å². The number of nitrogens with zero attached hydrogens (tertiary/aromatic N) is 3. The van der Waals surface area contributed by atoms with Crippen LogP contribution < -0.4 is 5.32 Å². The van der Waals surface area contributed by atoms with E-state index < -0.39 is 0 Å². The number of aromatic nitrogens is 3. The minimum Gasteiger partial charge on any atom is -0.362 e. The molecule has 0 saturated carbocycles. The van der Waals surface area contributed by atoms with Crippen LogP contribution in [0.3, 0.4) is 0 Å². The Hall–Kier alpha value is -0.430. The molecule has 84 valence electrons. The fourth-order valence-corrected chi connectivity index (χ4v) is 2.72. The Morgan fingerprint density at radius 2 is 2.12 bits per heavy atom. The molecule has 0 spiro atoms. The smallest absolute Gasteiger partial charge is 0.245 e. The fraction of sp³-hybridized carbons (Fsp3) is 0.125. The molecule has 0 bridgehead atoms. The Bertz CT molecular complexity index is 505. The topological polar surface area (TPSA) is 50.7 Å². The summed E-state index contributed by atoms with van der Waals surface area (Å²) in [5.74, 6) is 0.436. The van der Waals surface area contributed by atoms with Crippen molar-refractivity contribution < 1.29 is 0 Å². The van der Waals surface area contributed by atoms with Crippen molar-refractivity contribution >= 4 is 56.3 Å². The van der Waals surface area contributed by atoms with Crippen LogP contribution in [0.5, 0.6) is 0 Å². The highest BCUT2D eigenvalue weighted by Crippen LogP contribution is 2.23. The predicted octanol–water partition coefficient (Wildman–Crippen LogP) is 3.61. The first-order chi connectivity index (χ1) is 7.65. The number of hydrogen-bond acceptors (Lipinski definition) is 5. The SMILES string of the molecule is Clc1nnc(Cl)c(NCc2ccc(Br)s2)n1. The van der Waals surface area contributed by atoms with E-state index >= 15 is 0 Å². The summed E-state index contributed by atoms with van der Waals surface area (Å²) in [6.45, 7) is 0.616. The maximum Gasteiger partial charge on any atom is 0.245 e. The number of anilines is 1. The normalized spacial score (nSPS) is 10.4. The Balaban J connectivity index is 2.07. The van der Waals surface area contributed by atoms with E-state index in [1.807, 2.05) is 12.1 Å². The number of thiophene rings is 1. The van der Waals surface area contributed by atoms with Gasteiger partial charge in [-0.05, 0) is 39.7 Å². The second-order valence-corrected chi connectivity index (χ2v) is 6.02. The molecule has 1 N–H and O–H groups in total. The lowest BCUT2D eigenvalue weighted by Crippen LogP contribution is -2.03. The summed E-state index contributed by atoms with van der Waals surface area (Å²) in [7, 11) is 0. The minimum absolute atomic E-state index is 0.0688. The molecule has 0 unspecified atom stereocenters. The maximum atomic E-state index is 5.80. The summed E-state index contributed by atoms with van der Waals surface area (Å²) in [4.78, 5) is 5.09. The monoisotopic (exact) mass is 338 g/mol. The molecule has 0 amide bonds. The van der Waals surface area contributed by atoms with Crippen LogP contribution in [0.15, 0.2) is 15.9 Å². The zero-order chi connectivity index (χ0) is 11.5. The maximum absolute atomic E-state index is 5.80. The number of nitrogens with one attached hydrogen (secondary N) is 1. The lowest BCUT2D eigenvalue weighted by molar-refractivity contribution is 0.961. The quantitative estimate of drug-likeness (QED) is 0.927. The highest BCUT2D eigenvalue weighted by atomic mass is 79.9. The highest BCUT2D eigenvalue weighted by Gasteiger charge is 2.06. The van der Waals surface area contributed by atoms with Gasteiger partial charge >= 0.3 is 0 Å². The van der Waals surface area contributed by atoms with E-state index in [0.717, 1.165) is 8.66 Å². The second-order valence-electron chi connectivity index (χ2n) is 2.78. The molecular formula is C8H5BrCl2N4S. The first kappa shape index (κ1) is 12.0. The first-order valence-corrected chi connectivity index (χ1v) is 6.55. The van der Waals surface area contributed by atoms with Crippen molar-refractivity contribution in [1.29, 1.82) is 0 Å². The van der Waals surface area contributed by atoms with Gasteiger partial charge in [-0.3, -0.25) is 0 Å². The number of halogens is 3. The van der Waals surface area contributed by atoms with Crippen molar-refractivity contribution in [2.45, 2.75) is 6.54 Å². The van der Waals surface area contributed by atoms with Crippen molar-refractivity contribution in [2.24, 2.45) is 0 Å². The Morgan fingerprint density at radius 3 is 2.81 bits per heavy atom. The van der Waals surface area contributed by atoms with E-state index in [4.69, 9.17) is 23.2 Å². The van der Waals surface area contributed by atoms with Crippen LogP contribution in [0.4, 0.5) is 5.82 Å². The highest BCUT2D eigenvalue weighted by molar-refractivity contribution is 9.11. The summed E-state index contributed by atoms with van der Waals surface area (Å²) >= 11 is 16.4. The lowest BCUT2D eigenvalue weighted by atomic mass is 10.4. The fourth-order valence-electron chi connectivity index (χ4n) is 1.02. The van der Waals surface area contributed by atoms with Crippen LogP contribution in [0.2, 0.25) is 10.4 Å². The molecule has 0 aliphatic heterocycles. The van der Waals surface area contributed by atoms with Gasteiger partial charge in [0, 0.05) is 4.88 Å². The Kier molecular flexibility index (Phi) is 3.96. The van der Waals surface area contributed by atoms with Crippen LogP contribution in [-0.2, 0) is 6.54 Å². The van der Waals surface area contributed by atoms with Crippen LogP contribution >= 0.6 is 50.5 Å². The molecule has 16 heavy (non-hydrogen) atoms. The van der Waals surface area contributed by atoms with Crippen molar-refractivity contribution in [3.63, 3.8) is 0 Å². The molecule has 8 heteroatoms. The third-order valence-electron chi connectivity index (χ3n) is 1.68. The molecule has 2 aromatic rings. The third-order valence-corrected chi connectivity index (χ3v) is 3.72. The molecule has 0 aliphatic rings. The van der Waals surface area contributed by atoms with Gasteiger partial charge in [0.05, 0.1) is 10.3 Å². The van der Waals surface area contributed by atoms with Gasteiger partial charge in [0.15, 0.2) is 11.0 Å². The summed E-state index contributed by atoms with van der Waals surface area (Å²) in [6, 6.07) is 3.99. The third kappa shape index (κ3) is 3.04. The van der Waals surface area contributed by atoms with E-state index in [1.54, 1.807) is 11.3 Å². The summed E-state index contributed by atoms with van der Waals surface area (Å²) < 4.78 is 1.08. The van der Waals surface area contributed by atoms with E-state index in [0.29, 0.717) is 12.4 Å². The standard InChI is InChI=1S/C8H5BrCl2N4S/c9-5-2-1-4(16-5)3-12-7-6(10)14-15-8(11)13-7/h1-2H,3H2,(H,12,13,15). The molecule has 2 heterocycles. The van der Waals surface area contributed by atoms with Gasteiger partial charge in [-0.15, -0.1) is 21.5 Å². The van der Waals surface area contributed by atoms with Gasteiger partial charge in [-0.2, -0.15) is 4.98 Å². The summed E-state index contributed by atoms with van der Waals surface area (Å²) in [5, 5.41) is 10.5. The zero-order valence-corrected chi connectivity index (χ0v) is 11.7. The second kappa shape index (κ2) is 5.27. The van der Waals surface area contributed by atoms with E-state index in [2.05, 4.69) is 36.4 Å². The summed E-state index contributed by atoms with van der Waals surface area (Å²) in [6.07, 6.45) is 0. The van der Waals surface area contributed by atoms with Crippen molar-refractivity contribution in [2.75, 3.05) is 5.32 Å². The molecule has 4 nitrogen and oxygen atoms in total. The van der Waals surface area contributed by atoms with Gasteiger partial charge in [0.1, 0.15) is 0 Å². The lowest BCUT2D eigenvalue weighted by Gasteiger charge is -2.04. The predicted molar refractivity (Wildman–Crippen MR) is 69.2 cm³/mol. The number of rotatable bonds is 3.